The molecular formula is C9H11N3O6. The molecule has 0 bridgehead atoms. The minimum Gasteiger partial charge on any atom is -0.480 e. The van der Waals surface area contributed by atoms with Gasteiger partial charge in [-0.1, -0.05) is 0 Å². The van der Waals surface area contributed by atoms with Gasteiger partial charge in [0, 0.05) is 12.1 Å². The highest BCUT2D eigenvalue weighted by molar-refractivity contribution is 5.81. The third-order valence-corrected chi connectivity index (χ3v) is 2.98. The molecule has 0 aromatic carbocycles. The molecule has 0 saturated carbocycles. The Morgan fingerprint density at radius 2 is 1.83 bits per heavy atom. The maximum atomic E-state index is 11.0. The van der Waals surface area contributed by atoms with Gasteiger partial charge in [-0.25, -0.2) is 14.4 Å². The zero-order valence-electron chi connectivity index (χ0n) is 9.16. The van der Waals surface area contributed by atoms with Gasteiger partial charge in [0.05, 0.1) is 18.9 Å². The van der Waals surface area contributed by atoms with E-state index in [1.807, 2.05) is 0 Å². The first-order chi connectivity index (χ1) is 8.41. The third-order valence-electron chi connectivity index (χ3n) is 2.98. The summed E-state index contributed by atoms with van der Waals surface area (Å²) in [5.74, 6) is -1.25. The number of carboxylic acids is 1. The molecule has 0 aromatic rings. The highest BCUT2D eigenvalue weighted by Gasteiger charge is 2.41. The molecule has 9 heteroatoms. The standard InChI is InChI=1S/C9H11N3O6/c13-7(14)5-1-4-6(2-11(5)8(15)16)12(3-10-4)9(17)18/h5,10H,1-3H2,(H,13,14)(H,15,16)(H,17,18). The maximum absolute atomic E-state index is 11.0. The summed E-state index contributed by atoms with van der Waals surface area (Å²) < 4.78 is 0. The molecule has 18 heavy (non-hydrogen) atoms. The molecule has 0 radical (unpaired) electrons. The van der Waals surface area contributed by atoms with E-state index in [0.29, 0.717) is 11.4 Å². The minimum atomic E-state index is -1.38. The van der Waals surface area contributed by atoms with Gasteiger partial charge in [0.15, 0.2) is 0 Å². The van der Waals surface area contributed by atoms with E-state index in [9.17, 15) is 14.4 Å². The molecule has 4 N–H and O–H groups in total. The quantitative estimate of drug-likeness (QED) is 0.501. The number of carboxylic acid groups (broad SMARTS) is 3. The number of nitrogens with zero attached hydrogens (tertiary/aromatic N) is 2. The van der Waals surface area contributed by atoms with Crippen molar-refractivity contribution in [2.45, 2.75) is 12.5 Å². The summed E-state index contributed by atoms with van der Waals surface area (Å²) in [7, 11) is 0. The van der Waals surface area contributed by atoms with Crippen LogP contribution in [0.25, 0.3) is 0 Å². The van der Waals surface area contributed by atoms with E-state index in [4.69, 9.17) is 15.3 Å². The van der Waals surface area contributed by atoms with Crippen molar-refractivity contribution < 1.29 is 29.7 Å². The zero-order chi connectivity index (χ0) is 13.4. The highest BCUT2D eigenvalue weighted by Crippen LogP contribution is 2.27. The number of rotatable bonds is 1. The molecule has 2 heterocycles. The molecule has 0 aliphatic carbocycles. The summed E-state index contributed by atoms with van der Waals surface area (Å²) >= 11 is 0. The Balaban J connectivity index is 2.31. The first kappa shape index (κ1) is 12.0. The molecule has 1 atom stereocenters. The second-order valence-electron chi connectivity index (χ2n) is 3.94. The predicted molar refractivity (Wildman–Crippen MR) is 55.7 cm³/mol. The molecule has 0 spiro atoms. The number of hydrogen-bond acceptors (Lipinski definition) is 4. The van der Waals surface area contributed by atoms with Crippen molar-refractivity contribution in [2.24, 2.45) is 0 Å². The van der Waals surface area contributed by atoms with Gasteiger partial charge in [0.2, 0.25) is 0 Å². The second kappa shape index (κ2) is 4.09. The van der Waals surface area contributed by atoms with Crippen molar-refractivity contribution >= 4 is 18.2 Å². The van der Waals surface area contributed by atoms with Crippen LogP contribution in [-0.2, 0) is 4.79 Å². The SMILES string of the molecule is O=C(O)C1CC2=C(CN1C(=O)O)N(C(=O)O)CN2. The molecule has 2 rings (SSSR count). The third kappa shape index (κ3) is 1.79. The molecule has 98 valence electrons. The van der Waals surface area contributed by atoms with Crippen molar-refractivity contribution in [3.8, 4) is 0 Å². The van der Waals surface area contributed by atoms with Crippen LogP contribution in [0.3, 0.4) is 0 Å². The number of aliphatic carboxylic acids is 1. The van der Waals surface area contributed by atoms with Crippen molar-refractivity contribution in [1.82, 2.24) is 15.1 Å². The lowest BCUT2D eigenvalue weighted by Gasteiger charge is -2.32. The molecule has 2 aliphatic heterocycles. The van der Waals surface area contributed by atoms with Crippen LogP contribution < -0.4 is 5.32 Å². The Bertz CT molecular complexity index is 459. The van der Waals surface area contributed by atoms with E-state index in [-0.39, 0.29) is 19.6 Å². The topological polar surface area (TPSA) is 130 Å². The highest BCUT2D eigenvalue weighted by atomic mass is 16.4. The van der Waals surface area contributed by atoms with Gasteiger partial charge in [0.1, 0.15) is 6.04 Å². The fourth-order valence-corrected chi connectivity index (χ4v) is 2.09. The monoisotopic (exact) mass is 257 g/mol. The van der Waals surface area contributed by atoms with E-state index in [1.54, 1.807) is 0 Å². The summed E-state index contributed by atoms with van der Waals surface area (Å²) in [6, 6.07) is -1.19. The number of amides is 2. The molecule has 2 amide bonds. The van der Waals surface area contributed by atoms with Crippen molar-refractivity contribution in [1.29, 1.82) is 0 Å². The van der Waals surface area contributed by atoms with Gasteiger partial charge < -0.3 is 20.6 Å². The Labute approximate surface area is 101 Å². The van der Waals surface area contributed by atoms with Gasteiger partial charge in [0.25, 0.3) is 0 Å². The molecule has 0 saturated heterocycles. The van der Waals surface area contributed by atoms with Crippen molar-refractivity contribution in [3.63, 3.8) is 0 Å². The predicted octanol–water partition coefficient (Wildman–Crippen LogP) is -0.424. The van der Waals surface area contributed by atoms with Gasteiger partial charge >= 0.3 is 18.2 Å². The molecule has 2 aliphatic rings. The van der Waals surface area contributed by atoms with E-state index in [0.717, 1.165) is 9.80 Å². The van der Waals surface area contributed by atoms with Crippen LogP contribution in [0.4, 0.5) is 9.59 Å². The molecule has 1 unspecified atom stereocenters. The van der Waals surface area contributed by atoms with Crippen LogP contribution in [0, 0.1) is 0 Å². The van der Waals surface area contributed by atoms with Crippen LogP contribution in [0.2, 0.25) is 0 Å². The minimum absolute atomic E-state index is 0.0137. The van der Waals surface area contributed by atoms with Gasteiger partial charge in [-0.2, -0.15) is 0 Å². The molecule has 0 fully saturated rings. The Morgan fingerprint density at radius 1 is 1.17 bits per heavy atom. The second-order valence-corrected chi connectivity index (χ2v) is 3.94. The maximum Gasteiger partial charge on any atom is 0.413 e. The normalized spacial score (nSPS) is 22.6. The number of carbonyl (C=O) groups is 3. The lowest BCUT2D eigenvalue weighted by molar-refractivity contribution is -0.142. The molecular weight excluding hydrogens is 246 g/mol. The summed E-state index contributed by atoms with van der Waals surface area (Å²) in [6.07, 6.45) is -2.64. The first-order valence-electron chi connectivity index (χ1n) is 5.10. The lowest BCUT2D eigenvalue weighted by Crippen LogP contribution is -2.49. The van der Waals surface area contributed by atoms with Crippen LogP contribution in [0.5, 0.6) is 0 Å². The van der Waals surface area contributed by atoms with Crippen LogP contribution in [-0.4, -0.2) is 62.5 Å². The van der Waals surface area contributed by atoms with E-state index in [2.05, 4.69) is 5.32 Å². The fourth-order valence-electron chi connectivity index (χ4n) is 2.09. The number of hydrogen-bond donors (Lipinski definition) is 4. The van der Waals surface area contributed by atoms with E-state index >= 15 is 0 Å². The Hall–Kier alpha value is -2.45. The van der Waals surface area contributed by atoms with Crippen molar-refractivity contribution in [2.75, 3.05) is 13.2 Å². The average molecular weight is 257 g/mol. The van der Waals surface area contributed by atoms with Crippen LogP contribution in [0.1, 0.15) is 6.42 Å². The molecule has 9 nitrogen and oxygen atoms in total. The van der Waals surface area contributed by atoms with E-state index < -0.39 is 24.2 Å². The van der Waals surface area contributed by atoms with Crippen LogP contribution >= 0.6 is 0 Å². The van der Waals surface area contributed by atoms with Crippen molar-refractivity contribution in [3.05, 3.63) is 11.4 Å². The van der Waals surface area contributed by atoms with Gasteiger partial charge in [-0.05, 0) is 0 Å². The first-order valence-corrected chi connectivity index (χ1v) is 5.10. The largest absolute Gasteiger partial charge is 0.480 e. The van der Waals surface area contributed by atoms with Gasteiger partial charge in [-0.15, -0.1) is 0 Å². The fraction of sp³-hybridized carbons (Fsp3) is 0.444. The molecule has 0 aromatic heterocycles. The van der Waals surface area contributed by atoms with E-state index in [1.165, 1.54) is 0 Å². The lowest BCUT2D eigenvalue weighted by atomic mass is 10.0. The van der Waals surface area contributed by atoms with Gasteiger partial charge in [-0.3, -0.25) is 9.80 Å². The smallest absolute Gasteiger partial charge is 0.413 e. The average Bonchev–Trinajstić information content (AvgIpc) is 2.69. The summed E-state index contributed by atoms with van der Waals surface area (Å²) in [5.41, 5.74) is 0.768. The zero-order valence-corrected chi connectivity index (χ0v) is 9.16. The number of nitrogens with one attached hydrogen (secondary N) is 1. The summed E-state index contributed by atoms with van der Waals surface area (Å²) in [5, 5.41) is 29.6. The summed E-state index contributed by atoms with van der Waals surface area (Å²) in [4.78, 5) is 34.6. The Kier molecular flexibility index (Phi) is 2.73. The van der Waals surface area contributed by atoms with Crippen LogP contribution in [0.15, 0.2) is 11.4 Å². The Morgan fingerprint density at radius 3 is 2.33 bits per heavy atom. The summed E-state index contributed by atoms with van der Waals surface area (Å²) in [6.45, 7) is -0.235.